The molecule has 0 bridgehead atoms. The Hall–Kier alpha value is -4.26. The molecule has 7 heteroatoms. The highest BCUT2D eigenvalue weighted by atomic mass is 16.5. The number of hydrogen-bond donors (Lipinski definition) is 1. The minimum absolute atomic E-state index is 0.137. The molecule has 0 amide bonds. The number of benzene rings is 2. The number of aromatic hydroxyl groups is 1. The van der Waals surface area contributed by atoms with E-state index >= 15 is 0 Å². The van der Waals surface area contributed by atoms with Gasteiger partial charge in [0.2, 0.25) is 5.88 Å². The molecule has 3 aromatic heterocycles. The number of aromatic nitrogens is 5. The summed E-state index contributed by atoms with van der Waals surface area (Å²) in [6.45, 7) is 2.04. The van der Waals surface area contributed by atoms with Crippen molar-refractivity contribution >= 4 is 5.65 Å². The van der Waals surface area contributed by atoms with Gasteiger partial charge in [0, 0.05) is 35.5 Å². The number of phenolic OH excluding ortho intramolecular Hbond substituents is 1. The van der Waals surface area contributed by atoms with Crippen LogP contribution in [0.15, 0.2) is 73.3 Å². The summed E-state index contributed by atoms with van der Waals surface area (Å²) in [4.78, 5) is 13.7. The molecule has 1 aliphatic heterocycles. The average Bonchev–Trinajstić information content (AvgIpc) is 3.22. The summed E-state index contributed by atoms with van der Waals surface area (Å²) in [5, 5.41) is 14.7. The quantitative estimate of drug-likeness (QED) is 0.455. The summed E-state index contributed by atoms with van der Waals surface area (Å²) in [6, 6.07) is 17.1. The van der Waals surface area contributed by atoms with Crippen molar-refractivity contribution in [1.82, 2.24) is 24.6 Å². The largest absolute Gasteiger partial charge is 0.508 e. The van der Waals surface area contributed by atoms with Crippen LogP contribution in [-0.2, 0) is 0 Å². The summed E-state index contributed by atoms with van der Waals surface area (Å²) in [7, 11) is 0. The first-order valence-corrected chi connectivity index (χ1v) is 9.91. The van der Waals surface area contributed by atoms with Gasteiger partial charge in [-0.3, -0.25) is 4.98 Å². The van der Waals surface area contributed by atoms with Gasteiger partial charge in [-0.1, -0.05) is 36.4 Å². The number of hydrogen-bond acceptors (Lipinski definition) is 6. The summed E-state index contributed by atoms with van der Waals surface area (Å²) >= 11 is 0. The van der Waals surface area contributed by atoms with Crippen LogP contribution in [0.2, 0.25) is 0 Å². The topological polar surface area (TPSA) is 85.4 Å². The molecule has 0 saturated heterocycles. The molecular formula is C24H17N5O2. The molecule has 1 N–H and O–H groups in total. The van der Waals surface area contributed by atoms with Crippen molar-refractivity contribution in [3.8, 4) is 28.8 Å². The minimum Gasteiger partial charge on any atom is -0.508 e. The SMILES string of the molecule is Cc1ccccc1-c1nc2c3c(ncn2n1)Oc1cc(O)ccc1[C@H]3c1cccnc1. The van der Waals surface area contributed by atoms with E-state index < -0.39 is 0 Å². The molecule has 0 fully saturated rings. The van der Waals surface area contributed by atoms with Crippen LogP contribution in [-0.4, -0.2) is 29.7 Å². The van der Waals surface area contributed by atoms with Crippen LogP contribution in [0.1, 0.15) is 28.2 Å². The number of pyridine rings is 1. The second kappa shape index (κ2) is 6.63. The van der Waals surface area contributed by atoms with Crippen molar-refractivity contribution in [1.29, 1.82) is 0 Å². The molecule has 0 radical (unpaired) electrons. The van der Waals surface area contributed by atoms with Gasteiger partial charge in [0.15, 0.2) is 11.5 Å². The Morgan fingerprint density at radius 3 is 2.81 bits per heavy atom. The van der Waals surface area contributed by atoms with Gasteiger partial charge in [-0.2, -0.15) is 0 Å². The van der Waals surface area contributed by atoms with Crippen molar-refractivity contribution in [2.24, 2.45) is 0 Å². The van der Waals surface area contributed by atoms with Gasteiger partial charge < -0.3 is 9.84 Å². The van der Waals surface area contributed by atoms with E-state index in [1.54, 1.807) is 29.2 Å². The Bertz CT molecular complexity index is 1450. The zero-order valence-corrected chi connectivity index (χ0v) is 16.6. The number of ether oxygens (including phenoxy) is 1. The molecule has 0 spiro atoms. The minimum atomic E-state index is -0.210. The Labute approximate surface area is 177 Å². The predicted octanol–water partition coefficient (Wildman–Crippen LogP) is 4.49. The first-order valence-electron chi connectivity index (χ1n) is 9.91. The summed E-state index contributed by atoms with van der Waals surface area (Å²) in [5.41, 5.74) is 5.46. The van der Waals surface area contributed by atoms with E-state index in [0.29, 0.717) is 23.1 Å². The van der Waals surface area contributed by atoms with Gasteiger partial charge in [0.05, 0.1) is 5.56 Å². The molecular weight excluding hydrogens is 390 g/mol. The van der Waals surface area contributed by atoms with E-state index in [1.165, 1.54) is 0 Å². The lowest BCUT2D eigenvalue weighted by Gasteiger charge is -2.27. The molecule has 4 heterocycles. The fourth-order valence-electron chi connectivity index (χ4n) is 4.13. The molecule has 6 rings (SSSR count). The fraction of sp³-hybridized carbons (Fsp3) is 0.0833. The fourth-order valence-corrected chi connectivity index (χ4v) is 4.13. The highest BCUT2D eigenvalue weighted by Gasteiger charge is 2.33. The standard InChI is InChI=1S/C24H17N5O2/c1-14-5-2-3-7-17(14)22-27-23-21-20(15-6-4-10-25-12-15)18-9-8-16(30)11-19(18)31-24(21)26-13-29(23)28-22/h2-13,20,30H,1H3/t20-/m1/s1. The summed E-state index contributed by atoms with van der Waals surface area (Å²) in [5.74, 6) is 1.57. The van der Waals surface area contributed by atoms with Gasteiger partial charge >= 0.3 is 0 Å². The van der Waals surface area contributed by atoms with Crippen molar-refractivity contribution in [3.05, 3.63) is 95.6 Å². The van der Waals surface area contributed by atoms with E-state index in [1.807, 2.05) is 55.6 Å². The van der Waals surface area contributed by atoms with Gasteiger partial charge in [-0.15, -0.1) is 5.10 Å². The zero-order chi connectivity index (χ0) is 20.9. The highest BCUT2D eigenvalue weighted by molar-refractivity contribution is 5.69. The summed E-state index contributed by atoms with van der Waals surface area (Å²) < 4.78 is 7.78. The van der Waals surface area contributed by atoms with Crippen molar-refractivity contribution < 1.29 is 9.84 Å². The lowest BCUT2D eigenvalue weighted by Crippen LogP contribution is -2.15. The van der Waals surface area contributed by atoms with E-state index in [4.69, 9.17) is 9.72 Å². The van der Waals surface area contributed by atoms with Crippen molar-refractivity contribution in [3.63, 3.8) is 0 Å². The van der Waals surface area contributed by atoms with Crippen LogP contribution in [0.4, 0.5) is 0 Å². The molecule has 0 aliphatic carbocycles. The first-order chi connectivity index (χ1) is 15.2. The van der Waals surface area contributed by atoms with Crippen molar-refractivity contribution in [2.75, 3.05) is 0 Å². The monoisotopic (exact) mass is 407 g/mol. The Kier molecular flexibility index (Phi) is 3.76. The Balaban J connectivity index is 1.63. The summed E-state index contributed by atoms with van der Waals surface area (Å²) in [6.07, 6.45) is 5.18. The first kappa shape index (κ1) is 17.6. The number of rotatable bonds is 2. The Morgan fingerprint density at radius 1 is 1.06 bits per heavy atom. The van der Waals surface area contributed by atoms with Gasteiger partial charge in [-0.05, 0) is 30.2 Å². The van der Waals surface area contributed by atoms with Crippen LogP contribution in [0.25, 0.3) is 17.0 Å². The van der Waals surface area contributed by atoms with Gasteiger partial charge in [-0.25, -0.2) is 14.5 Å². The third kappa shape index (κ3) is 2.74. The third-order valence-electron chi connectivity index (χ3n) is 5.59. The van der Waals surface area contributed by atoms with Gasteiger partial charge in [0.25, 0.3) is 0 Å². The molecule has 1 aliphatic rings. The maximum Gasteiger partial charge on any atom is 0.228 e. The van der Waals surface area contributed by atoms with E-state index in [0.717, 1.165) is 27.8 Å². The van der Waals surface area contributed by atoms with E-state index in [2.05, 4.69) is 15.1 Å². The lowest BCUT2D eigenvalue weighted by molar-refractivity contribution is 0.422. The smallest absolute Gasteiger partial charge is 0.228 e. The molecule has 2 aromatic carbocycles. The Morgan fingerprint density at radius 2 is 1.97 bits per heavy atom. The average molecular weight is 407 g/mol. The number of nitrogens with zero attached hydrogens (tertiary/aromatic N) is 5. The van der Waals surface area contributed by atoms with Crippen LogP contribution in [0.3, 0.4) is 0 Å². The van der Waals surface area contributed by atoms with E-state index in [9.17, 15) is 5.11 Å². The van der Waals surface area contributed by atoms with E-state index in [-0.39, 0.29) is 11.7 Å². The molecule has 0 saturated carbocycles. The number of fused-ring (bicyclic) bond motifs is 4. The highest BCUT2D eigenvalue weighted by Crippen LogP contribution is 2.48. The maximum atomic E-state index is 9.98. The zero-order valence-electron chi connectivity index (χ0n) is 16.6. The van der Waals surface area contributed by atoms with Crippen LogP contribution in [0, 0.1) is 6.92 Å². The number of phenols is 1. The third-order valence-corrected chi connectivity index (χ3v) is 5.59. The molecule has 150 valence electrons. The lowest BCUT2D eigenvalue weighted by atomic mass is 9.84. The van der Waals surface area contributed by atoms with Crippen LogP contribution >= 0.6 is 0 Å². The predicted molar refractivity (Wildman–Crippen MR) is 114 cm³/mol. The van der Waals surface area contributed by atoms with Crippen LogP contribution in [0.5, 0.6) is 17.4 Å². The van der Waals surface area contributed by atoms with Crippen molar-refractivity contribution in [2.45, 2.75) is 12.8 Å². The number of aryl methyl sites for hydroxylation is 1. The second-order valence-corrected chi connectivity index (χ2v) is 7.53. The van der Waals surface area contributed by atoms with Crippen LogP contribution < -0.4 is 4.74 Å². The molecule has 1 atom stereocenters. The molecule has 7 nitrogen and oxygen atoms in total. The normalized spacial score (nSPS) is 14.7. The second-order valence-electron chi connectivity index (χ2n) is 7.53. The maximum absolute atomic E-state index is 9.98. The molecule has 5 aromatic rings. The van der Waals surface area contributed by atoms with Gasteiger partial charge in [0.1, 0.15) is 17.8 Å². The molecule has 0 unspecified atom stereocenters. The molecule has 31 heavy (non-hydrogen) atoms.